The largest absolute Gasteiger partial charge is 0.423 e. The summed E-state index contributed by atoms with van der Waals surface area (Å²) in [6.07, 6.45) is 5.18. The number of hydrogen-bond donors (Lipinski definition) is 0. The molecule has 6 heteroatoms. The van der Waals surface area contributed by atoms with Gasteiger partial charge in [-0.3, -0.25) is 0 Å². The highest BCUT2D eigenvalue weighted by Crippen LogP contribution is 2.22. The third kappa shape index (κ3) is 4.48. The monoisotopic (exact) mass is 345 g/mol. The van der Waals surface area contributed by atoms with Gasteiger partial charge >= 0.3 is 5.97 Å². The molecular weight excluding hydrogens is 331 g/mol. The second kappa shape index (κ2) is 8.15. The Balaban J connectivity index is 2.17. The van der Waals surface area contributed by atoms with E-state index in [0.717, 1.165) is 6.42 Å². The second-order valence-electron chi connectivity index (χ2n) is 5.19. The lowest BCUT2D eigenvalue weighted by molar-refractivity contribution is 0.0729. The molecule has 0 saturated heterocycles. The van der Waals surface area contributed by atoms with Crippen LogP contribution in [0.15, 0.2) is 42.5 Å². The van der Waals surface area contributed by atoms with Crippen molar-refractivity contribution < 1.29 is 22.7 Å². The summed E-state index contributed by atoms with van der Waals surface area (Å²) in [7, 11) is 0. The number of ether oxygens (including phenoxy) is 1. The topological polar surface area (TPSA) is 50.1 Å². The van der Waals surface area contributed by atoms with Crippen LogP contribution in [0.3, 0.4) is 0 Å². The van der Waals surface area contributed by atoms with Gasteiger partial charge in [0.2, 0.25) is 0 Å². The van der Waals surface area contributed by atoms with E-state index < -0.39 is 34.7 Å². The molecule has 2 aromatic carbocycles. The summed E-state index contributed by atoms with van der Waals surface area (Å²) in [5.74, 6) is -4.63. The maximum Gasteiger partial charge on any atom is 0.346 e. The number of halogens is 3. The Morgan fingerprint density at radius 1 is 1.16 bits per heavy atom. The fraction of sp³-hybridized carbons (Fsp3) is 0.158. The van der Waals surface area contributed by atoms with Crippen LogP contribution in [0.5, 0.6) is 5.75 Å². The average molecular weight is 345 g/mol. The molecule has 0 N–H and O–H groups in total. The molecule has 0 aliphatic heterocycles. The predicted octanol–water partition coefficient (Wildman–Crippen LogP) is 4.70. The Hall–Kier alpha value is -3.07. The van der Waals surface area contributed by atoms with Gasteiger partial charge in [-0.2, -0.15) is 5.26 Å². The minimum Gasteiger partial charge on any atom is -0.423 e. The molecule has 0 fully saturated rings. The SMILES string of the molecule is CC=CCCc1ccc(C(=O)Oc2cc(F)c(C#N)c(F)c2)c(F)c1. The molecule has 0 radical (unpaired) electrons. The standard InChI is InChI=1S/C19H14F3NO2/c1-2-3-4-5-12-6-7-14(16(20)8-12)19(24)25-13-9-17(21)15(11-23)18(22)10-13/h2-3,6-10H,4-5H2,1H3. The van der Waals surface area contributed by atoms with Crippen LogP contribution < -0.4 is 4.74 Å². The van der Waals surface area contributed by atoms with Crippen LogP contribution >= 0.6 is 0 Å². The maximum absolute atomic E-state index is 14.1. The first-order valence-electron chi connectivity index (χ1n) is 7.47. The Morgan fingerprint density at radius 2 is 1.84 bits per heavy atom. The van der Waals surface area contributed by atoms with Gasteiger partial charge in [0.05, 0.1) is 5.56 Å². The quantitative estimate of drug-likeness (QED) is 0.448. The Labute approximate surface area is 143 Å². The first-order chi connectivity index (χ1) is 12.0. The highest BCUT2D eigenvalue weighted by molar-refractivity contribution is 5.91. The lowest BCUT2D eigenvalue weighted by Gasteiger charge is -2.08. The Morgan fingerprint density at radius 3 is 2.40 bits per heavy atom. The number of benzene rings is 2. The fourth-order valence-electron chi connectivity index (χ4n) is 2.17. The van der Waals surface area contributed by atoms with Gasteiger partial charge in [0.1, 0.15) is 34.8 Å². The van der Waals surface area contributed by atoms with Gasteiger partial charge in [0, 0.05) is 12.1 Å². The van der Waals surface area contributed by atoms with Crippen molar-refractivity contribution in [3.8, 4) is 11.8 Å². The molecule has 0 heterocycles. The van der Waals surface area contributed by atoms with Crippen LogP contribution in [0.4, 0.5) is 13.2 Å². The molecule has 0 bridgehead atoms. The first-order valence-corrected chi connectivity index (χ1v) is 7.47. The van der Waals surface area contributed by atoms with Crippen molar-refractivity contribution in [3.63, 3.8) is 0 Å². The molecule has 0 amide bonds. The number of esters is 1. The van der Waals surface area contributed by atoms with Crippen LogP contribution in [-0.4, -0.2) is 5.97 Å². The number of nitriles is 1. The normalized spacial score (nSPS) is 10.7. The molecular formula is C19H14F3NO2. The molecule has 3 nitrogen and oxygen atoms in total. The fourth-order valence-corrected chi connectivity index (χ4v) is 2.17. The van der Waals surface area contributed by atoms with Gasteiger partial charge in [-0.1, -0.05) is 18.2 Å². The predicted molar refractivity (Wildman–Crippen MR) is 85.6 cm³/mol. The van der Waals surface area contributed by atoms with E-state index in [9.17, 15) is 18.0 Å². The Bertz CT molecular complexity index is 846. The van der Waals surface area contributed by atoms with Crippen molar-refractivity contribution in [1.82, 2.24) is 0 Å². The molecule has 2 rings (SSSR count). The zero-order valence-electron chi connectivity index (χ0n) is 13.4. The lowest BCUT2D eigenvalue weighted by Crippen LogP contribution is -2.11. The summed E-state index contributed by atoms with van der Waals surface area (Å²) in [6.45, 7) is 1.88. The van der Waals surface area contributed by atoms with E-state index in [1.54, 1.807) is 6.07 Å². The van der Waals surface area contributed by atoms with Gasteiger partial charge in [-0.05, 0) is 37.5 Å². The van der Waals surface area contributed by atoms with E-state index in [4.69, 9.17) is 10.00 Å². The number of aryl methyl sites for hydroxylation is 1. The van der Waals surface area contributed by atoms with E-state index in [2.05, 4.69) is 0 Å². The van der Waals surface area contributed by atoms with Crippen LogP contribution in [-0.2, 0) is 6.42 Å². The van der Waals surface area contributed by atoms with Gasteiger partial charge in [0.15, 0.2) is 0 Å². The zero-order chi connectivity index (χ0) is 18.4. The van der Waals surface area contributed by atoms with Crippen LogP contribution in [0.1, 0.15) is 34.8 Å². The van der Waals surface area contributed by atoms with Gasteiger partial charge < -0.3 is 4.74 Å². The summed E-state index contributed by atoms with van der Waals surface area (Å²) in [4.78, 5) is 12.0. The van der Waals surface area contributed by atoms with Crippen LogP contribution in [0.25, 0.3) is 0 Å². The number of carbonyl (C=O) groups is 1. The summed E-state index contributed by atoms with van der Waals surface area (Å²) in [5, 5.41) is 8.60. The van der Waals surface area contributed by atoms with Crippen molar-refractivity contribution in [2.45, 2.75) is 19.8 Å². The summed E-state index contributed by atoms with van der Waals surface area (Å²) < 4.78 is 45.9. The third-order valence-corrected chi connectivity index (χ3v) is 3.43. The van der Waals surface area contributed by atoms with E-state index in [1.165, 1.54) is 18.2 Å². The van der Waals surface area contributed by atoms with E-state index in [-0.39, 0.29) is 5.56 Å². The smallest absolute Gasteiger partial charge is 0.346 e. The number of nitrogens with zero attached hydrogens (tertiary/aromatic N) is 1. The molecule has 0 saturated carbocycles. The number of carbonyl (C=O) groups excluding carboxylic acids is 1. The van der Waals surface area contributed by atoms with Crippen molar-refractivity contribution >= 4 is 5.97 Å². The highest BCUT2D eigenvalue weighted by Gasteiger charge is 2.17. The molecule has 0 aliphatic rings. The highest BCUT2D eigenvalue weighted by atomic mass is 19.1. The minimum atomic E-state index is -1.16. The molecule has 0 atom stereocenters. The van der Waals surface area contributed by atoms with E-state index in [1.807, 2.05) is 19.1 Å². The maximum atomic E-state index is 14.1. The van der Waals surface area contributed by atoms with E-state index >= 15 is 0 Å². The minimum absolute atomic E-state index is 0.347. The lowest BCUT2D eigenvalue weighted by atomic mass is 10.1. The molecule has 2 aromatic rings. The zero-order valence-corrected chi connectivity index (χ0v) is 13.4. The van der Waals surface area contributed by atoms with Gasteiger partial charge in [-0.25, -0.2) is 18.0 Å². The van der Waals surface area contributed by atoms with Crippen LogP contribution in [0, 0.1) is 28.8 Å². The van der Waals surface area contributed by atoms with Crippen molar-refractivity contribution in [1.29, 1.82) is 5.26 Å². The molecule has 25 heavy (non-hydrogen) atoms. The van der Waals surface area contributed by atoms with Crippen molar-refractivity contribution in [3.05, 3.63) is 76.6 Å². The van der Waals surface area contributed by atoms with Crippen molar-refractivity contribution in [2.24, 2.45) is 0 Å². The first kappa shape index (κ1) is 18.3. The van der Waals surface area contributed by atoms with Crippen molar-refractivity contribution in [2.75, 3.05) is 0 Å². The number of allylic oxidation sites excluding steroid dienone is 2. The van der Waals surface area contributed by atoms with Crippen LogP contribution in [0.2, 0.25) is 0 Å². The van der Waals surface area contributed by atoms with Gasteiger partial charge in [0.25, 0.3) is 0 Å². The molecule has 0 spiro atoms. The summed E-state index contributed by atoms with van der Waals surface area (Å²) in [5.41, 5.74) is -0.418. The summed E-state index contributed by atoms with van der Waals surface area (Å²) >= 11 is 0. The molecule has 128 valence electrons. The number of hydrogen-bond acceptors (Lipinski definition) is 3. The number of rotatable bonds is 5. The van der Waals surface area contributed by atoms with E-state index in [0.29, 0.717) is 24.1 Å². The average Bonchev–Trinajstić information content (AvgIpc) is 2.55. The molecule has 0 aliphatic carbocycles. The molecule has 0 aromatic heterocycles. The summed E-state index contributed by atoms with van der Waals surface area (Å²) in [6, 6.07) is 6.82. The van der Waals surface area contributed by atoms with Gasteiger partial charge in [-0.15, -0.1) is 0 Å². The Kier molecular flexibility index (Phi) is 5.96. The third-order valence-electron chi connectivity index (χ3n) is 3.43. The second-order valence-corrected chi connectivity index (χ2v) is 5.19. The molecule has 0 unspecified atom stereocenters.